The number of nitrogens with zero attached hydrogens (tertiary/aromatic N) is 1. The van der Waals surface area contributed by atoms with E-state index in [-0.39, 0.29) is 30.0 Å². The zero-order chi connectivity index (χ0) is 14.3. The van der Waals surface area contributed by atoms with Crippen LogP contribution in [0.5, 0.6) is 11.8 Å². The van der Waals surface area contributed by atoms with E-state index < -0.39 is 5.97 Å². The van der Waals surface area contributed by atoms with Crippen LogP contribution < -0.4 is 0 Å². The Bertz CT molecular complexity index is 537. The lowest BCUT2D eigenvalue weighted by molar-refractivity contribution is -0.137. The predicted octanol–water partition coefficient (Wildman–Crippen LogP) is 2.69. The SMILES string of the molecule is O=C(O)CCCCCn1c(O)c2c(c1O)C1C=CC2C1. The topological polar surface area (TPSA) is 82.7 Å². The summed E-state index contributed by atoms with van der Waals surface area (Å²) >= 11 is 0. The van der Waals surface area contributed by atoms with Gasteiger partial charge >= 0.3 is 5.97 Å². The summed E-state index contributed by atoms with van der Waals surface area (Å²) in [5, 5.41) is 29.1. The number of fused-ring (bicyclic) bond motifs is 5. The molecule has 5 heteroatoms. The highest BCUT2D eigenvalue weighted by Crippen LogP contribution is 2.56. The fourth-order valence-electron chi connectivity index (χ4n) is 3.42. The van der Waals surface area contributed by atoms with Crippen molar-refractivity contribution >= 4 is 5.97 Å². The maximum atomic E-state index is 10.4. The van der Waals surface area contributed by atoms with E-state index in [1.165, 1.54) is 0 Å². The molecule has 2 aliphatic carbocycles. The summed E-state index contributed by atoms with van der Waals surface area (Å²) in [6.07, 6.45) is 7.50. The molecule has 0 spiro atoms. The summed E-state index contributed by atoms with van der Waals surface area (Å²) in [5.41, 5.74) is 1.78. The third kappa shape index (κ3) is 1.97. The Hall–Kier alpha value is -1.91. The highest BCUT2D eigenvalue weighted by Gasteiger charge is 2.40. The quantitative estimate of drug-likeness (QED) is 0.551. The Morgan fingerprint density at radius 1 is 1.10 bits per heavy atom. The van der Waals surface area contributed by atoms with Crippen LogP contribution in [0.2, 0.25) is 0 Å². The molecular formula is C15H19NO4. The highest BCUT2D eigenvalue weighted by molar-refractivity contribution is 5.66. The second-order valence-electron chi connectivity index (χ2n) is 5.66. The van der Waals surface area contributed by atoms with E-state index in [1.807, 2.05) is 0 Å². The van der Waals surface area contributed by atoms with Crippen LogP contribution in [0.15, 0.2) is 12.2 Å². The molecule has 5 nitrogen and oxygen atoms in total. The summed E-state index contributed by atoms with van der Waals surface area (Å²) in [5.74, 6) is 0.0850. The number of aromatic nitrogens is 1. The van der Waals surface area contributed by atoms with Crippen LogP contribution in [0.1, 0.15) is 55.1 Å². The number of carboxylic acid groups (broad SMARTS) is 1. The van der Waals surface area contributed by atoms with E-state index in [4.69, 9.17) is 5.11 Å². The van der Waals surface area contributed by atoms with E-state index in [1.54, 1.807) is 4.57 Å². The monoisotopic (exact) mass is 277 g/mol. The van der Waals surface area contributed by atoms with Gasteiger partial charge < -0.3 is 15.3 Å². The number of hydrogen-bond donors (Lipinski definition) is 3. The molecule has 3 N–H and O–H groups in total. The minimum atomic E-state index is -0.779. The van der Waals surface area contributed by atoms with Crippen LogP contribution in [0, 0.1) is 0 Å². The standard InChI is InChI=1S/C15H19NO4/c17-11(18)4-2-1-3-7-16-14(19)12-9-5-6-10(8-9)13(12)15(16)20/h5-6,9-10,19-20H,1-4,7-8H2,(H,17,18). The fraction of sp³-hybridized carbons (Fsp3) is 0.533. The average Bonchev–Trinajstić information content (AvgIpc) is 3.06. The van der Waals surface area contributed by atoms with Crippen molar-refractivity contribution in [2.75, 3.05) is 0 Å². The third-order valence-corrected chi connectivity index (χ3v) is 4.38. The lowest BCUT2D eigenvalue weighted by Gasteiger charge is -2.09. The molecule has 0 radical (unpaired) electrons. The molecule has 2 atom stereocenters. The highest BCUT2D eigenvalue weighted by atomic mass is 16.4. The van der Waals surface area contributed by atoms with Crippen molar-refractivity contribution in [1.29, 1.82) is 0 Å². The Labute approximate surface area is 117 Å². The third-order valence-electron chi connectivity index (χ3n) is 4.38. The molecular weight excluding hydrogens is 258 g/mol. The Morgan fingerprint density at radius 3 is 2.25 bits per heavy atom. The maximum Gasteiger partial charge on any atom is 0.303 e. The minimum Gasteiger partial charge on any atom is -0.494 e. The Morgan fingerprint density at radius 2 is 1.70 bits per heavy atom. The molecule has 2 unspecified atom stereocenters. The van der Waals surface area contributed by atoms with Crippen LogP contribution in [0.25, 0.3) is 0 Å². The van der Waals surface area contributed by atoms with Crippen LogP contribution >= 0.6 is 0 Å². The molecule has 0 amide bonds. The first-order valence-corrected chi connectivity index (χ1v) is 7.14. The van der Waals surface area contributed by atoms with Gasteiger partial charge in [-0.3, -0.25) is 9.36 Å². The summed E-state index contributed by atoms with van der Waals surface area (Å²) in [7, 11) is 0. The van der Waals surface area contributed by atoms with E-state index in [0.717, 1.165) is 30.4 Å². The van der Waals surface area contributed by atoms with Gasteiger partial charge in [0, 0.05) is 35.9 Å². The van der Waals surface area contributed by atoms with Gasteiger partial charge in [-0.25, -0.2) is 0 Å². The largest absolute Gasteiger partial charge is 0.494 e. The first-order chi connectivity index (χ1) is 9.59. The number of carbonyl (C=O) groups is 1. The van der Waals surface area contributed by atoms with Crippen LogP contribution in [-0.4, -0.2) is 25.9 Å². The van der Waals surface area contributed by atoms with E-state index in [9.17, 15) is 15.0 Å². The molecule has 0 aliphatic heterocycles. The molecule has 2 bridgehead atoms. The molecule has 1 heterocycles. The molecule has 2 aliphatic rings. The number of allylic oxidation sites excluding steroid dienone is 2. The molecule has 0 aromatic carbocycles. The molecule has 1 aromatic rings. The summed E-state index contributed by atoms with van der Waals surface area (Å²) in [6, 6.07) is 0. The van der Waals surface area contributed by atoms with Gasteiger partial charge in [-0.15, -0.1) is 0 Å². The molecule has 1 aromatic heterocycles. The van der Waals surface area contributed by atoms with Gasteiger partial charge in [0.2, 0.25) is 0 Å². The van der Waals surface area contributed by atoms with Crippen molar-refractivity contribution in [3.63, 3.8) is 0 Å². The van der Waals surface area contributed by atoms with Crippen LogP contribution in [0.3, 0.4) is 0 Å². The van der Waals surface area contributed by atoms with Gasteiger partial charge in [-0.2, -0.15) is 0 Å². The second kappa shape index (κ2) is 4.89. The van der Waals surface area contributed by atoms with Crippen LogP contribution in [0.4, 0.5) is 0 Å². The normalized spacial score (nSPS) is 22.4. The smallest absolute Gasteiger partial charge is 0.303 e. The molecule has 20 heavy (non-hydrogen) atoms. The zero-order valence-electron chi connectivity index (χ0n) is 11.2. The molecule has 108 valence electrons. The predicted molar refractivity (Wildman–Crippen MR) is 73.1 cm³/mol. The first-order valence-electron chi connectivity index (χ1n) is 7.14. The lowest BCUT2D eigenvalue weighted by Crippen LogP contribution is -2.00. The number of aliphatic carboxylic acids is 1. The van der Waals surface area contributed by atoms with Gasteiger partial charge in [0.05, 0.1) is 0 Å². The molecule has 0 saturated carbocycles. The van der Waals surface area contributed by atoms with E-state index in [0.29, 0.717) is 13.0 Å². The second-order valence-corrected chi connectivity index (χ2v) is 5.66. The summed E-state index contributed by atoms with van der Waals surface area (Å²) < 4.78 is 1.57. The lowest BCUT2D eigenvalue weighted by atomic mass is 10.0. The van der Waals surface area contributed by atoms with E-state index >= 15 is 0 Å². The van der Waals surface area contributed by atoms with Gasteiger partial charge in [-0.1, -0.05) is 18.6 Å². The Kier molecular flexibility index (Phi) is 3.20. The van der Waals surface area contributed by atoms with Gasteiger partial charge in [0.25, 0.3) is 0 Å². The number of aromatic hydroxyl groups is 2. The van der Waals surface area contributed by atoms with Gasteiger partial charge in [0.15, 0.2) is 11.8 Å². The summed E-state index contributed by atoms with van der Waals surface area (Å²) in [6.45, 7) is 0.531. The van der Waals surface area contributed by atoms with Crippen LogP contribution in [-0.2, 0) is 11.3 Å². The summed E-state index contributed by atoms with van der Waals surface area (Å²) in [4.78, 5) is 10.4. The molecule has 3 rings (SSSR count). The number of carboxylic acids is 1. The average molecular weight is 277 g/mol. The maximum absolute atomic E-state index is 10.4. The van der Waals surface area contributed by atoms with Crippen molar-refractivity contribution in [3.05, 3.63) is 23.3 Å². The van der Waals surface area contributed by atoms with Crippen molar-refractivity contribution in [3.8, 4) is 11.8 Å². The minimum absolute atomic E-state index is 0.175. The number of hydrogen-bond acceptors (Lipinski definition) is 3. The van der Waals surface area contributed by atoms with Crippen molar-refractivity contribution in [1.82, 2.24) is 4.57 Å². The molecule has 0 saturated heterocycles. The zero-order valence-corrected chi connectivity index (χ0v) is 11.2. The first kappa shape index (κ1) is 13.1. The van der Waals surface area contributed by atoms with Crippen molar-refractivity contribution in [2.45, 2.75) is 50.5 Å². The number of rotatable bonds is 6. The Balaban J connectivity index is 1.66. The van der Waals surface area contributed by atoms with Crippen molar-refractivity contribution in [2.24, 2.45) is 0 Å². The fourth-order valence-corrected chi connectivity index (χ4v) is 3.42. The van der Waals surface area contributed by atoms with E-state index in [2.05, 4.69) is 12.2 Å². The molecule has 0 fully saturated rings. The van der Waals surface area contributed by atoms with Gasteiger partial charge in [-0.05, 0) is 19.3 Å². The van der Waals surface area contributed by atoms with Gasteiger partial charge in [0.1, 0.15) is 0 Å². The van der Waals surface area contributed by atoms with Crippen molar-refractivity contribution < 1.29 is 20.1 Å². The number of unbranched alkanes of at least 4 members (excludes halogenated alkanes) is 2.